The maximum Gasteiger partial charge on any atom is 0.496 e. The summed E-state index contributed by atoms with van der Waals surface area (Å²) in [5, 5.41) is 6.86. The maximum atomic E-state index is 15.2. The molecule has 0 saturated carbocycles. The average Bonchev–Trinajstić information content (AvgIpc) is 3.25. The molecule has 6 aromatic rings. The first kappa shape index (κ1) is 27.9. The Morgan fingerprint density at radius 2 is 0.930 bits per heavy atom. The van der Waals surface area contributed by atoms with Crippen molar-refractivity contribution in [2.75, 3.05) is 0 Å². The summed E-state index contributed by atoms with van der Waals surface area (Å²) < 4.78 is 28.5. The number of benzene rings is 6. The highest BCUT2D eigenvalue weighted by Gasteiger charge is 2.52. The third kappa shape index (κ3) is 4.48. The van der Waals surface area contributed by atoms with Crippen molar-refractivity contribution in [2.24, 2.45) is 0 Å². The van der Waals surface area contributed by atoms with Gasteiger partial charge in [0, 0.05) is 15.9 Å². The molecule has 43 heavy (non-hydrogen) atoms. The lowest BCUT2D eigenvalue weighted by Crippen LogP contribution is -2.41. The molecule has 1 fully saturated rings. The molecule has 0 N–H and O–H groups in total. The summed E-state index contributed by atoms with van der Waals surface area (Å²) in [5.41, 5.74) is 2.27. The fraction of sp³-hybridized carbons (Fsp3) is 0.158. The zero-order valence-electron chi connectivity index (χ0n) is 25.0. The predicted molar refractivity (Wildman–Crippen MR) is 182 cm³/mol. The molecule has 0 radical (unpaired) electrons. The van der Waals surface area contributed by atoms with Gasteiger partial charge in [0.25, 0.3) is 0 Å². The van der Waals surface area contributed by atoms with Crippen LogP contribution in [-0.2, 0) is 13.9 Å². The van der Waals surface area contributed by atoms with Gasteiger partial charge in [-0.1, -0.05) is 127 Å². The second-order valence-corrected chi connectivity index (χ2v) is 15.1. The molecule has 0 aromatic heterocycles. The van der Waals surface area contributed by atoms with E-state index < -0.39 is 25.5 Å². The van der Waals surface area contributed by atoms with Gasteiger partial charge in [0.1, 0.15) is 0 Å². The fourth-order valence-corrected chi connectivity index (χ4v) is 8.96. The van der Waals surface area contributed by atoms with Gasteiger partial charge < -0.3 is 13.9 Å². The quantitative estimate of drug-likeness (QED) is 0.120. The normalized spacial score (nSPS) is 16.1. The van der Waals surface area contributed by atoms with Gasteiger partial charge in [-0.15, -0.1) is 0 Å². The zero-order valence-corrected chi connectivity index (χ0v) is 25.8. The molecule has 1 aliphatic heterocycles. The van der Waals surface area contributed by atoms with Crippen LogP contribution in [0.15, 0.2) is 133 Å². The van der Waals surface area contributed by atoms with Crippen molar-refractivity contribution in [1.29, 1.82) is 0 Å². The van der Waals surface area contributed by atoms with Gasteiger partial charge in [0.2, 0.25) is 0 Å². The number of fused-ring (bicyclic) bond motifs is 2. The van der Waals surface area contributed by atoms with E-state index in [9.17, 15) is 0 Å². The van der Waals surface area contributed by atoms with Gasteiger partial charge in [-0.25, -0.2) is 0 Å². The van der Waals surface area contributed by atoms with E-state index in [-0.39, 0.29) is 0 Å². The lowest BCUT2D eigenvalue weighted by atomic mass is 9.71. The minimum atomic E-state index is -3.14. The van der Waals surface area contributed by atoms with E-state index in [0.29, 0.717) is 0 Å². The fourth-order valence-electron chi connectivity index (χ4n) is 6.27. The summed E-state index contributed by atoms with van der Waals surface area (Å²) in [5.74, 6) is 0. The van der Waals surface area contributed by atoms with Crippen LogP contribution in [0.4, 0.5) is 0 Å². The molecule has 0 atom stereocenters. The van der Waals surface area contributed by atoms with E-state index >= 15 is 4.57 Å². The standard InChI is InChI=1S/C38H34BO3P/c1-37(2)38(3,4)42-39(41-37)36-33-24-13-11-22-31(33)35(32-23-12-14-25-34(32)36)27-16-15-21-30(26-27)43(40,28-17-7-5-8-18-28)29-19-9-6-10-20-29/h5-26H,1-4H3. The second kappa shape index (κ2) is 10.3. The minimum Gasteiger partial charge on any atom is -0.399 e. The number of rotatable bonds is 5. The largest absolute Gasteiger partial charge is 0.496 e. The van der Waals surface area contributed by atoms with Crippen molar-refractivity contribution >= 4 is 57.2 Å². The van der Waals surface area contributed by atoms with Gasteiger partial charge in [0.15, 0.2) is 7.14 Å². The Kier molecular flexibility index (Phi) is 6.71. The molecule has 1 saturated heterocycles. The third-order valence-corrected chi connectivity index (χ3v) is 12.3. The predicted octanol–water partition coefficient (Wildman–Crippen LogP) is 7.60. The molecular weight excluding hydrogens is 546 g/mol. The summed E-state index contributed by atoms with van der Waals surface area (Å²) in [7, 11) is -3.64. The lowest BCUT2D eigenvalue weighted by Gasteiger charge is -2.32. The molecular formula is C38H34BO3P. The highest BCUT2D eigenvalue weighted by atomic mass is 31.2. The average molecular weight is 580 g/mol. The van der Waals surface area contributed by atoms with Crippen LogP contribution in [0.5, 0.6) is 0 Å². The SMILES string of the molecule is CC1(C)OB(c2c3ccccc3c(-c3cccc(P(=O)(c4ccccc4)c4ccccc4)c3)c3ccccc23)OC1(C)C. The summed E-state index contributed by atoms with van der Waals surface area (Å²) in [4.78, 5) is 0. The summed E-state index contributed by atoms with van der Waals surface area (Å²) in [6, 6.07) is 45.0. The van der Waals surface area contributed by atoms with Crippen LogP contribution in [0.3, 0.4) is 0 Å². The lowest BCUT2D eigenvalue weighted by molar-refractivity contribution is 0.00578. The van der Waals surface area contributed by atoms with Gasteiger partial charge >= 0.3 is 7.12 Å². The Labute approximate surface area is 254 Å². The van der Waals surface area contributed by atoms with Crippen molar-refractivity contribution < 1.29 is 13.9 Å². The van der Waals surface area contributed by atoms with Crippen molar-refractivity contribution in [1.82, 2.24) is 0 Å². The van der Waals surface area contributed by atoms with Crippen LogP contribution in [0.25, 0.3) is 32.7 Å². The van der Waals surface area contributed by atoms with E-state index in [0.717, 1.165) is 54.0 Å². The van der Waals surface area contributed by atoms with E-state index in [1.165, 1.54) is 0 Å². The molecule has 212 valence electrons. The van der Waals surface area contributed by atoms with E-state index in [1.807, 2.05) is 72.8 Å². The van der Waals surface area contributed by atoms with E-state index in [2.05, 4.69) is 88.4 Å². The Morgan fingerprint density at radius 1 is 0.512 bits per heavy atom. The Hall–Kier alpha value is -3.95. The molecule has 3 nitrogen and oxygen atoms in total. The molecule has 5 heteroatoms. The maximum absolute atomic E-state index is 15.2. The minimum absolute atomic E-state index is 0.455. The molecule has 0 bridgehead atoms. The van der Waals surface area contributed by atoms with Gasteiger partial charge in [-0.05, 0) is 71.9 Å². The topological polar surface area (TPSA) is 35.5 Å². The van der Waals surface area contributed by atoms with E-state index in [1.54, 1.807) is 0 Å². The van der Waals surface area contributed by atoms with Crippen LogP contribution in [0.2, 0.25) is 0 Å². The van der Waals surface area contributed by atoms with Crippen LogP contribution in [0, 0.1) is 0 Å². The highest BCUT2D eigenvalue weighted by molar-refractivity contribution is 7.85. The van der Waals surface area contributed by atoms with Crippen molar-refractivity contribution in [2.45, 2.75) is 38.9 Å². The molecule has 0 aliphatic carbocycles. The molecule has 6 aromatic carbocycles. The summed E-state index contributed by atoms with van der Waals surface area (Å²) in [6.45, 7) is 8.37. The molecule has 0 spiro atoms. The summed E-state index contributed by atoms with van der Waals surface area (Å²) >= 11 is 0. The highest BCUT2D eigenvalue weighted by Crippen LogP contribution is 2.45. The molecule has 1 heterocycles. The number of hydrogen-bond acceptors (Lipinski definition) is 3. The van der Waals surface area contributed by atoms with E-state index in [4.69, 9.17) is 9.31 Å². The Bertz CT molecular complexity index is 1900. The Balaban J connectivity index is 1.49. The van der Waals surface area contributed by atoms with Gasteiger partial charge in [-0.3, -0.25) is 0 Å². The second-order valence-electron chi connectivity index (χ2n) is 12.3. The first-order valence-corrected chi connectivity index (χ1v) is 16.5. The summed E-state index contributed by atoms with van der Waals surface area (Å²) in [6.07, 6.45) is 0. The van der Waals surface area contributed by atoms with Crippen molar-refractivity contribution in [3.63, 3.8) is 0 Å². The van der Waals surface area contributed by atoms with Crippen LogP contribution < -0.4 is 21.4 Å². The van der Waals surface area contributed by atoms with Crippen LogP contribution in [0.1, 0.15) is 27.7 Å². The van der Waals surface area contributed by atoms with Crippen molar-refractivity contribution in [3.05, 3.63) is 133 Å². The third-order valence-electron chi connectivity index (χ3n) is 9.20. The first-order chi connectivity index (χ1) is 20.7. The molecule has 0 amide bonds. The van der Waals surface area contributed by atoms with Crippen molar-refractivity contribution in [3.8, 4) is 11.1 Å². The van der Waals surface area contributed by atoms with Gasteiger partial charge in [-0.2, -0.15) is 0 Å². The Morgan fingerprint density at radius 3 is 1.42 bits per heavy atom. The molecule has 0 unspecified atom stereocenters. The number of hydrogen-bond donors (Lipinski definition) is 0. The van der Waals surface area contributed by atoms with Crippen LogP contribution in [-0.4, -0.2) is 18.3 Å². The van der Waals surface area contributed by atoms with Crippen LogP contribution >= 0.6 is 7.14 Å². The zero-order chi connectivity index (χ0) is 29.8. The first-order valence-electron chi connectivity index (χ1n) is 14.8. The monoisotopic (exact) mass is 580 g/mol. The molecule has 7 rings (SSSR count). The smallest absolute Gasteiger partial charge is 0.399 e. The molecule has 1 aliphatic rings. The van der Waals surface area contributed by atoms with Gasteiger partial charge in [0.05, 0.1) is 11.2 Å².